The number of carbonyl (C=O) groups is 1. The number of nitrogens with zero attached hydrogens (tertiary/aromatic N) is 1. The second-order valence-corrected chi connectivity index (χ2v) is 5.75. The molecule has 18 heavy (non-hydrogen) atoms. The van der Waals surface area contributed by atoms with Crippen molar-refractivity contribution in [2.45, 2.75) is 38.5 Å². The summed E-state index contributed by atoms with van der Waals surface area (Å²) in [5.74, 6) is 1.16. The first-order valence-electron chi connectivity index (χ1n) is 7.11. The van der Waals surface area contributed by atoms with Crippen LogP contribution in [0.5, 0.6) is 0 Å². The summed E-state index contributed by atoms with van der Waals surface area (Å²) < 4.78 is 0. The lowest BCUT2D eigenvalue weighted by atomic mass is 10.1. The van der Waals surface area contributed by atoms with Crippen LogP contribution in [-0.4, -0.2) is 23.9 Å². The molecule has 2 atom stereocenters. The molecule has 1 amide bonds. The summed E-state index contributed by atoms with van der Waals surface area (Å²) >= 11 is 0. The van der Waals surface area contributed by atoms with Crippen LogP contribution in [0.1, 0.15) is 42.7 Å². The van der Waals surface area contributed by atoms with Gasteiger partial charge in [-0.2, -0.15) is 0 Å². The molecule has 2 fully saturated rings. The highest BCUT2D eigenvalue weighted by Crippen LogP contribution is 2.48. The van der Waals surface area contributed by atoms with E-state index in [1.807, 2.05) is 0 Å². The lowest BCUT2D eigenvalue weighted by molar-refractivity contribution is -0.133. The van der Waals surface area contributed by atoms with E-state index in [9.17, 15) is 4.79 Å². The van der Waals surface area contributed by atoms with Gasteiger partial charge in [0.1, 0.15) is 0 Å². The summed E-state index contributed by atoms with van der Waals surface area (Å²) in [6.07, 6.45) is 4.72. The van der Waals surface area contributed by atoms with E-state index in [0.717, 1.165) is 19.5 Å². The summed E-state index contributed by atoms with van der Waals surface area (Å²) in [7, 11) is 0. The van der Waals surface area contributed by atoms with Crippen LogP contribution in [0.3, 0.4) is 0 Å². The molecule has 1 saturated carbocycles. The summed E-state index contributed by atoms with van der Waals surface area (Å²) in [4.78, 5) is 14.4. The first kappa shape index (κ1) is 11.8. The van der Waals surface area contributed by atoms with Crippen molar-refractivity contribution < 1.29 is 4.79 Å². The number of likely N-dealkylation sites (tertiary alicyclic amines) is 1. The van der Waals surface area contributed by atoms with Gasteiger partial charge in [0.25, 0.3) is 0 Å². The number of rotatable bonds is 2. The number of amides is 1. The van der Waals surface area contributed by atoms with Crippen molar-refractivity contribution in [2.24, 2.45) is 5.92 Å². The van der Waals surface area contributed by atoms with Crippen molar-refractivity contribution in [3.05, 3.63) is 35.4 Å². The molecule has 1 aliphatic heterocycles. The van der Waals surface area contributed by atoms with Gasteiger partial charge in [-0.1, -0.05) is 29.8 Å². The molecule has 1 heterocycles. The van der Waals surface area contributed by atoms with Gasteiger partial charge in [-0.25, -0.2) is 0 Å². The summed E-state index contributed by atoms with van der Waals surface area (Å²) in [5, 5.41) is 0. The minimum atomic E-state index is 0.269. The number of carbonyl (C=O) groups excluding carboxylic acids is 1. The molecule has 0 aromatic heterocycles. The number of benzene rings is 1. The Labute approximate surface area is 109 Å². The van der Waals surface area contributed by atoms with Gasteiger partial charge in [-0.15, -0.1) is 0 Å². The van der Waals surface area contributed by atoms with Crippen LogP contribution in [-0.2, 0) is 4.79 Å². The largest absolute Gasteiger partial charge is 0.342 e. The molecule has 2 nitrogen and oxygen atoms in total. The van der Waals surface area contributed by atoms with E-state index in [4.69, 9.17) is 0 Å². The summed E-state index contributed by atoms with van der Waals surface area (Å²) in [5.41, 5.74) is 2.63. The number of hydrogen-bond acceptors (Lipinski definition) is 1. The van der Waals surface area contributed by atoms with Crippen molar-refractivity contribution >= 4 is 5.91 Å². The van der Waals surface area contributed by atoms with Crippen LogP contribution in [0.15, 0.2) is 24.3 Å². The average Bonchev–Trinajstić information content (AvgIpc) is 3.20. The third kappa shape index (κ3) is 2.29. The molecule has 96 valence electrons. The lowest BCUT2D eigenvalue weighted by Crippen LogP contribution is -2.36. The van der Waals surface area contributed by atoms with E-state index in [1.54, 1.807) is 0 Å². The van der Waals surface area contributed by atoms with Crippen molar-refractivity contribution in [3.8, 4) is 0 Å². The fourth-order valence-electron chi connectivity index (χ4n) is 3.00. The summed E-state index contributed by atoms with van der Waals surface area (Å²) in [6, 6.07) is 8.67. The topological polar surface area (TPSA) is 20.3 Å². The third-order valence-corrected chi connectivity index (χ3v) is 4.28. The van der Waals surface area contributed by atoms with E-state index < -0.39 is 0 Å². The van der Waals surface area contributed by atoms with Crippen molar-refractivity contribution in [1.82, 2.24) is 4.90 Å². The molecule has 0 N–H and O–H groups in total. The Hall–Kier alpha value is -1.31. The minimum absolute atomic E-state index is 0.269. The first-order valence-corrected chi connectivity index (χ1v) is 7.11. The maximum Gasteiger partial charge on any atom is 0.226 e. The SMILES string of the molecule is Cc1ccc(C2C[C@@H]2C(=O)N2CCCCC2)cc1. The zero-order chi connectivity index (χ0) is 12.5. The van der Waals surface area contributed by atoms with E-state index in [-0.39, 0.29) is 5.92 Å². The average molecular weight is 243 g/mol. The van der Waals surface area contributed by atoms with E-state index >= 15 is 0 Å². The summed E-state index contributed by atoms with van der Waals surface area (Å²) in [6.45, 7) is 4.07. The molecule has 0 spiro atoms. The molecule has 2 aliphatic rings. The Morgan fingerprint density at radius 1 is 1.11 bits per heavy atom. The van der Waals surface area contributed by atoms with Crippen molar-refractivity contribution in [1.29, 1.82) is 0 Å². The van der Waals surface area contributed by atoms with Crippen molar-refractivity contribution in [3.63, 3.8) is 0 Å². The maximum atomic E-state index is 12.3. The zero-order valence-electron chi connectivity index (χ0n) is 11.1. The van der Waals surface area contributed by atoms with Gasteiger partial charge in [-0.05, 0) is 44.1 Å². The minimum Gasteiger partial charge on any atom is -0.342 e. The van der Waals surface area contributed by atoms with Crippen LogP contribution < -0.4 is 0 Å². The molecule has 0 bridgehead atoms. The van der Waals surface area contributed by atoms with Gasteiger partial charge in [-0.3, -0.25) is 4.79 Å². The second-order valence-electron chi connectivity index (χ2n) is 5.75. The first-order chi connectivity index (χ1) is 8.75. The smallest absolute Gasteiger partial charge is 0.226 e. The standard InChI is InChI=1S/C16H21NO/c1-12-5-7-13(8-6-12)14-11-15(14)16(18)17-9-3-2-4-10-17/h5-8,14-15H,2-4,9-11H2,1H3/t14?,15-/m0/s1. The fraction of sp³-hybridized carbons (Fsp3) is 0.562. The molecule has 1 unspecified atom stereocenters. The molecule has 1 aliphatic carbocycles. The highest BCUT2D eigenvalue weighted by atomic mass is 16.2. The number of aryl methyl sites for hydroxylation is 1. The molecule has 0 radical (unpaired) electrons. The monoisotopic (exact) mass is 243 g/mol. The van der Waals surface area contributed by atoms with Crippen LogP contribution >= 0.6 is 0 Å². The predicted octanol–water partition coefficient (Wildman–Crippen LogP) is 3.11. The van der Waals surface area contributed by atoms with Crippen molar-refractivity contribution in [2.75, 3.05) is 13.1 Å². The third-order valence-electron chi connectivity index (χ3n) is 4.28. The molecular formula is C16H21NO. The quantitative estimate of drug-likeness (QED) is 0.781. The Morgan fingerprint density at radius 2 is 1.78 bits per heavy atom. The van der Waals surface area contributed by atoms with E-state index in [1.165, 1.54) is 30.4 Å². The second kappa shape index (κ2) is 4.75. The zero-order valence-corrected chi connectivity index (χ0v) is 11.1. The van der Waals surface area contributed by atoms with Gasteiger partial charge in [0.05, 0.1) is 0 Å². The van der Waals surface area contributed by atoms with E-state index in [2.05, 4.69) is 36.1 Å². The highest BCUT2D eigenvalue weighted by molar-refractivity contribution is 5.83. The molecule has 1 aromatic carbocycles. The Balaban J connectivity index is 1.63. The number of hydrogen-bond donors (Lipinski definition) is 0. The Bertz CT molecular complexity index is 431. The van der Waals surface area contributed by atoms with Crippen LogP contribution in [0.25, 0.3) is 0 Å². The number of piperidine rings is 1. The lowest BCUT2D eigenvalue weighted by Gasteiger charge is -2.26. The molecule has 2 heteroatoms. The highest BCUT2D eigenvalue weighted by Gasteiger charge is 2.45. The maximum absolute atomic E-state index is 12.3. The molecule has 1 saturated heterocycles. The van der Waals surface area contributed by atoms with Gasteiger partial charge < -0.3 is 4.90 Å². The normalized spacial score (nSPS) is 27.1. The van der Waals surface area contributed by atoms with Crippen LogP contribution in [0.2, 0.25) is 0 Å². The van der Waals surface area contributed by atoms with Gasteiger partial charge in [0.2, 0.25) is 5.91 Å². The Morgan fingerprint density at radius 3 is 2.44 bits per heavy atom. The van der Waals surface area contributed by atoms with Crippen LogP contribution in [0.4, 0.5) is 0 Å². The molecule has 3 rings (SSSR count). The van der Waals surface area contributed by atoms with Crippen LogP contribution in [0, 0.1) is 12.8 Å². The van der Waals surface area contributed by atoms with Gasteiger partial charge in [0.15, 0.2) is 0 Å². The fourth-order valence-corrected chi connectivity index (χ4v) is 3.00. The van der Waals surface area contributed by atoms with E-state index in [0.29, 0.717) is 11.8 Å². The predicted molar refractivity (Wildman–Crippen MR) is 72.5 cm³/mol. The molecule has 1 aromatic rings. The Kier molecular flexibility index (Phi) is 3.11. The van der Waals surface area contributed by atoms with Gasteiger partial charge in [0, 0.05) is 19.0 Å². The molecular weight excluding hydrogens is 222 g/mol. The van der Waals surface area contributed by atoms with Gasteiger partial charge >= 0.3 is 0 Å².